The van der Waals surface area contributed by atoms with Crippen LogP contribution in [-0.2, 0) is 4.79 Å². The van der Waals surface area contributed by atoms with E-state index in [0.29, 0.717) is 6.54 Å². The van der Waals surface area contributed by atoms with E-state index in [9.17, 15) is 4.79 Å². The fourth-order valence-electron chi connectivity index (χ4n) is 1.44. The Morgan fingerprint density at radius 2 is 2.33 bits per heavy atom. The molecule has 0 bridgehead atoms. The summed E-state index contributed by atoms with van der Waals surface area (Å²) in [5, 5.41) is 3.06. The number of unbranched alkanes of at least 4 members (excludes halogenated alkanes) is 2. The molecule has 1 aliphatic heterocycles. The van der Waals surface area contributed by atoms with Crippen molar-refractivity contribution in [1.29, 1.82) is 0 Å². The van der Waals surface area contributed by atoms with Crippen LogP contribution in [0.25, 0.3) is 0 Å². The molecule has 1 heterocycles. The van der Waals surface area contributed by atoms with Gasteiger partial charge in [-0.25, -0.2) is 0 Å². The van der Waals surface area contributed by atoms with Crippen LogP contribution in [0, 0.1) is 0 Å². The van der Waals surface area contributed by atoms with Crippen molar-refractivity contribution in [2.45, 2.75) is 26.2 Å². The molecule has 0 saturated carbocycles. The van der Waals surface area contributed by atoms with Gasteiger partial charge in [0.15, 0.2) is 0 Å². The van der Waals surface area contributed by atoms with Crippen LogP contribution < -0.4 is 5.32 Å². The Morgan fingerprint density at radius 1 is 1.50 bits per heavy atom. The molecule has 0 atom stereocenters. The second-order valence-electron chi connectivity index (χ2n) is 3.26. The molecule has 0 radical (unpaired) electrons. The van der Waals surface area contributed by atoms with Crippen LogP contribution in [0.15, 0.2) is 0 Å². The first kappa shape index (κ1) is 9.52. The first-order chi connectivity index (χ1) is 5.84. The van der Waals surface area contributed by atoms with E-state index >= 15 is 0 Å². The van der Waals surface area contributed by atoms with Gasteiger partial charge in [-0.3, -0.25) is 4.79 Å². The van der Waals surface area contributed by atoms with Gasteiger partial charge < -0.3 is 10.2 Å². The molecule has 1 amide bonds. The standard InChI is InChI=1S/C9H18N2O/c1-2-3-4-6-11-7-5-10-8-9(11)12/h10H,2-8H2,1H3. The summed E-state index contributed by atoms with van der Waals surface area (Å²) in [6.07, 6.45) is 3.61. The van der Waals surface area contributed by atoms with Crippen LogP contribution in [0.4, 0.5) is 0 Å². The zero-order valence-electron chi connectivity index (χ0n) is 7.81. The van der Waals surface area contributed by atoms with Crippen LogP contribution in [-0.4, -0.2) is 37.0 Å². The van der Waals surface area contributed by atoms with E-state index in [2.05, 4.69) is 12.2 Å². The van der Waals surface area contributed by atoms with Crippen molar-refractivity contribution >= 4 is 5.91 Å². The Morgan fingerprint density at radius 3 is 3.00 bits per heavy atom. The summed E-state index contributed by atoms with van der Waals surface area (Å²) in [7, 11) is 0. The summed E-state index contributed by atoms with van der Waals surface area (Å²) in [6.45, 7) is 5.51. The summed E-state index contributed by atoms with van der Waals surface area (Å²) in [4.78, 5) is 13.2. The molecule has 0 aromatic heterocycles. The van der Waals surface area contributed by atoms with Crippen LogP contribution in [0.3, 0.4) is 0 Å². The lowest BCUT2D eigenvalue weighted by molar-refractivity contribution is -0.131. The zero-order chi connectivity index (χ0) is 8.81. The minimum absolute atomic E-state index is 0.261. The molecule has 3 heteroatoms. The van der Waals surface area contributed by atoms with Crippen LogP contribution >= 0.6 is 0 Å². The molecule has 70 valence electrons. The number of nitrogens with one attached hydrogen (secondary N) is 1. The fourth-order valence-corrected chi connectivity index (χ4v) is 1.44. The van der Waals surface area contributed by atoms with E-state index in [0.717, 1.165) is 26.1 Å². The first-order valence-corrected chi connectivity index (χ1v) is 4.83. The summed E-state index contributed by atoms with van der Waals surface area (Å²) in [5.41, 5.74) is 0. The van der Waals surface area contributed by atoms with Gasteiger partial charge in [-0.15, -0.1) is 0 Å². The third kappa shape index (κ3) is 2.81. The Balaban J connectivity index is 2.16. The van der Waals surface area contributed by atoms with E-state index < -0.39 is 0 Å². The number of piperazine rings is 1. The van der Waals surface area contributed by atoms with Crippen molar-refractivity contribution < 1.29 is 4.79 Å². The quantitative estimate of drug-likeness (QED) is 0.627. The van der Waals surface area contributed by atoms with Crippen LogP contribution in [0.2, 0.25) is 0 Å². The number of amides is 1. The molecule has 1 aliphatic rings. The van der Waals surface area contributed by atoms with Gasteiger partial charge in [0.05, 0.1) is 6.54 Å². The molecular weight excluding hydrogens is 152 g/mol. The summed E-state index contributed by atoms with van der Waals surface area (Å²) < 4.78 is 0. The van der Waals surface area contributed by atoms with E-state index in [1.54, 1.807) is 0 Å². The number of nitrogens with zero attached hydrogens (tertiary/aromatic N) is 1. The number of carbonyl (C=O) groups is 1. The number of hydrogen-bond acceptors (Lipinski definition) is 2. The minimum atomic E-state index is 0.261. The van der Waals surface area contributed by atoms with E-state index in [1.807, 2.05) is 4.90 Å². The average molecular weight is 170 g/mol. The lowest BCUT2D eigenvalue weighted by Gasteiger charge is -2.27. The monoisotopic (exact) mass is 170 g/mol. The SMILES string of the molecule is CCCCCN1CCNCC1=O. The van der Waals surface area contributed by atoms with Gasteiger partial charge in [0.25, 0.3) is 0 Å². The maximum Gasteiger partial charge on any atom is 0.236 e. The van der Waals surface area contributed by atoms with Crippen molar-refractivity contribution in [2.24, 2.45) is 0 Å². The predicted molar refractivity (Wildman–Crippen MR) is 49.0 cm³/mol. The summed E-state index contributed by atoms with van der Waals surface area (Å²) >= 11 is 0. The van der Waals surface area contributed by atoms with Crippen LogP contribution in [0.5, 0.6) is 0 Å². The maximum absolute atomic E-state index is 11.3. The average Bonchev–Trinajstić information content (AvgIpc) is 2.09. The smallest absolute Gasteiger partial charge is 0.236 e. The molecule has 0 spiro atoms. The highest BCUT2D eigenvalue weighted by molar-refractivity contribution is 5.78. The van der Waals surface area contributed by atoms with E-state index in [-0.39, 0.29) is 5.91 Å². The molecule has 1 rings (SSSR count). The maximum atomic E-state index is 11.3. The third-order valence-electron chi connectivity index (χ3n) is 2.22. The zero-order valence-corrected chi connectivity index (χ0v) is 7.81. The summed E-state index contributed by atoms with van der Waals surface area (Å²) in [5.74, 6) is 0.261. The molecule has 0 aliphatic carbocycles. The highest BCUT2D eigenvalue weighted by Gasteiger charge is 2.15. The lowest BCUT2D eigenvalue weighted by atomic mass is 10.2. The second-order valence-corrected chi connectivity index (χ2v) is 3.26. The van der Waals surface area contributed by atoms with Crippen molar-refractivity contribution in [3.8, 4) is 0 Å². The van der Waals surface area contributed by atoms with E-state index in [4.69, 9.17) is 0 Å². The van der Waals surface area contributed by atoms with Crippen molar-refractivity contribution in [2.75, 3.05) is 26.2 Å². The van der Waals surface area contributed by atoms with Gasteiger partial charge in [-0.1, -0.05) is 19.8 Å². The Hall–Kier alpha value is -0.570. The van der Waals surface area contributed by atoms with Crippen molar-refractivity contribution in [1.82, 2.24) is 10.2 Å². The van der Waals surface area contributed by atoms with Gasteiger partial charge >= 0.3 is 0 Å². The van der Waals surface area contributed by atoms with Crippen molar-refractivity contribution in [3.05, 3.63) is 0 Å². The normalized spacial score (nSPS) is 18.4. The molecule has 3 nitrogen and oxygen atoms in total. The van der Waals surface area contributed by atoms with Crippen LogP contribution in [0.1, 0.15) is 26.2 Å². The molecule has 1 fully saturated rings. The molecule has 12 heavy (non-hydrogen) atoms. The molecule has 0 aromatic carbocycles. The lowest BCUT2D eigenvalue weighted by Crippen LogP contribution is -2.48. The highest BCUT2D eigenvalue weighted by atomic mass is 16.2. The minimum Gasteiger partial charge on any atom is -0.340 e. The first-order valence-electron chi connectivity index (χ1n) is 4.83. The summed E-state index contributed by atoms with van der Waals surface area (Å²) in [6, 6.07) is 0. The molecule has 1 saturated heterocycles. The Labute approximate surface area is 74.1 Å². The molecule has 0 aromatic rings. The Bertz CT molecular complexity index is 147. The van der Waals surface area contributed by atoms with Gasteiger partial charge in [-0.2, -0.15) is 0 Å². The number of rotatable bonds is 4. The topological polar surface area (TPSA) is 32.3 Å². The highest BCUT2D eigenvalue weighted by Crippen LogP contribution is 2.00. The molecular formula is C9H18N2O. The van der Waals surface area contributed by atoms with Gasteiger partial charge in [0.2, 0.25) is 5.91 Å². The van der Waals surface area contributed by atoms with Gasteiger partial charge in [-0.05, 0) is 6.42 Å². The molecule has 0 unspecified atom stereocenters. The predicted octanol–water partition coefficient (Wildman–Crippen LogP) is 0.608. The number of carbonyl (C=O) groups excluding carboxylic acids is 1. The molecule has 1 N–H and O–H groups in total. The Kier molecular flexibility index (Phi) is 4.08. The van der Waals surface area contributed by atoms with Gasteiger partial charge in [0.1, 0.15) is 0 Å². The second kappa shape index (κ2) is 5.14. The largest absolute Gasteiger partial charge is 0.340 e. The third-order valence-corrected chi connectivity index (χ3v) is 2.22. The fraction of sp³-hybridized carbons (Fsp3) is 0.889. The van der Waals surface area contributed by atoms with E-state index in [1.165, 1.54) is 12.8 Å². The van der Waals surface area contributed by atoms with Gasteiger partial charge in [0, 0.05) is 19.6 Å². The van der Waals surface area contributed by atoms with Crippen molar-refractivity contribution in [3.63, 3.8) is 0 Å². The number of hydrogen-bond donors (Lipinski definition) is 1.